The van der Waals surface area contributed by atoms with Crippen molar-refractivity contribution in [3.63, 3.8) is 0 Å². The monoisotopic (exact) mass is 321 g/mol. The van der Waals surface area contributed by atoms with Gasteiger partial charge in [-0.15, -0.1) is 11.3 Å². The van der Waals surface area contributed by atoms with Crippen molar-refractivity contribution < 1.29 is 27.5 Å². The second kappa shape index (κ2) is 6.71. The van der Waals surface area contributed by atoms with Crippen molar-refractivity contribution in [2.75, 3.05) is 24.2 Å². The number of sulfonamides is 1. The standard InChI is InChI=1S/C11H15NO6S2/c1-4-18-8(13)6-20(15,16)12-9-7(2)5-19-10(9)11(14)17-3/h5,12H,4,6H2,1-3H3. The maximum atomic E-state index is 11.8. The van der Waals surface area contributed by atoms with E-state index in [9.17, 15) is 18.0 Å². The molecule has 1 rings (SSSR count). The number of ether oxygens (including phenoxy) is 2. The fourth-order valence-electron chi connectivity index (χ4n) is 1.36. The van der Waals surface area contributed by atoms with Gasteiger partial charge in [0.25, 0.3) is 0 Å². The zero-order valence-corrected chi connectivity index (χ0v) is 12.9. The topological polar surface area (TPSA) is 98.8 Å². The van der Waals surface area contributed by atoms with Gasteiger partial charge in [0.15, 0.2) is 5.75 Å². The number of thiophene rings is 1. The molecule has 0 aliphatic carbocycles. The lowest BCUT2D eigenvalue weighted by molar-refractivity contribution is -0.139. The average Bonchev–Trinajstić information content (AvgIpc) is 2.69. The van der Waals surface area contributed by atoms with Gasteiger partial charge in [-0.2, -0.15) is 0 Å². The molecular formula is C11H15NO6S2. The van der Waals surface area contributed by atoms with Gasteiger partial charge >= 0.3 is 11.9 Å². The summed E-state index contributed by atoms with van der Waals surface area (Å²) in [5, 5.41) is 1.62. The van der Waals surface area contributed by atoms with Crippen LogP contribution in [-0.4, -0.2) is 39.8 Å². The number of hydrogen-bond donors (Lipinski definition) is 1. The molecule has 0 aromatic carbocycles. The molecule has 0 saturated heterocycles. The second-order valence-electron chi connectivity index (χ2n) is 3.78. The SMILES string of the molecule is CCOC(=O)CS(=O)(=O)Nc1c(C)csc1C(=O)OC. The summed E-state index contributed by atoms with van der Waals surface area (Å²) in [5.74, 6) is -2.30. The Hall–Kier alpha value is -1.61. The lowest BCUT2D eigenvalue weighted by Crippen LogP contribution is -2.25. The summed E-state index contributed by atoms with van der Waals surface area (Å²) in [5.41, 5.74) is 0.703. The smallest absolute Gasteiger partial charge is 0.350 e. The minimum absolute atomic E-state index is 0.0965. The average molecular weight is 321 g/mol. The van der Waals surface area contributed by atoms with Gasteiger partial charge < -0.3 is 9.47 Å². The van der Waals surface area contributed by atoms with Gasteiger partial charge in [-0.3, -0.25) is 9.52 Å². The van der Waals surface area contributed by atoms with Crippen molar-refractivity contribution in [1.29, 1.82) is 0 Å². The molecule has 1 N–H and O–H groups in total. The van der Waals surface area contributed by atoms with Crippen molar-refractivity contribution >= 4 is 39.0 Å². The molecular weight excluding hydrogens is 306 g/mol. The minimum Gasteiger partial charge on any atom is -0.465 e. The molecule has 9 heteroatoms. The first-order chi connectivity index (χ1) is 9.30. The van der Waals surface area contributed by atoms with E-state index in [0.717, 1.165) is 11.3 Å². The van der Waals surface area contributed by atoms with E-state index in [1.807, 2.05) is 0 Å². The van der Waals surface area contributed by atoms with Crippen molar-refractivity contribution in [3.05, 3.63) is 15.8 Å². The number of esters is 2. The number of aryl methyl sites for hydroxylation is 1. The molecule has 1 aromatic heterocycles. The number of nitrogens with one attached hydrogen (secondary N) is 1. The van der Waals surface area contributed by atoms with E-state index in [4.69, 9.17) is 0 Å². The molecule has 0 fully saturated rings. The molecule has 1 aromatic rings. The van der Waals surface area contributed by atoms with Gasteiger partial charge in [0, 0.05) is 0 Å². The van der Waals surface area contributed by atoms with Crippen LogP contribution in [-0.2, 0) is 24.3 Å². The highest BCUT2D eigenvalue weighted by Gasteiger charge is 2.23. The van der Waals surface area contributed by atoms with Crippen molar-refractivity contribution in [2.24, 2.45) is 0 Å². The van der Waals surface area contributed by atoms with E-state index < -0.39 is 27.7 Å². The Kier molecular flexibility index (Phi) is 5.52. The van der Waals surface area contributed by atoms with Gasteiger partial charge in [-0.25, -0.2) is 13.2 Å². The quantitative estimate of drug-likeness (QED) is 0.789. The first-order valence-electron chi connectivity index (χ1n) is 5.63. The van der Waals surface area contributed by atoms with E-state index in [2.05, 4.69) is 14.2 Å². The molecule has 0 atom stereocenters. The second-order valence-corrected chi connectivity index (χ2v) is 6.38. The molecule has 7 nitrogen and oxygen atoms in total. The molecule has 20 heavy (non-hydrogen) atoms. The number of anilines is 1. The summed E-state index contributed by atoms with van der Waals surface area (Å²) in [6.45, 7) is 3.32. The van der Waals surface area contributed by atoms with E-state index in [-0.39, 0.29) is 17.2 Å². The van der Waals surface area contributed by atoms with Crippen LogP contribution in [0.3, 0.4) is 0 Å². The zero-order chi connectivity index (χ0) is 15.3. The number of carbonyl (C=O) groups excluding carboxylic acids is 2. The lowest BCUT2D eigenvalue weighted by Gasteiger charge is -2.09. The number of methoxy groups -OCH3 is 1. The van der Waals surface area contributed by atoms with Crippen molar-refractivity contribution in [2.45, 2.75) is 13.8 Å². The van der Waals surface area contributed by atoms with Crippen LogP contribution in [0, 0.1) is 6.92 Å². The van der Waals surface area contributed by atoms with E-state index in [0.29, 0.717) is 5.56 Å². The van der Waals surface area contributed by atoms with Crippen LogP contribution in [0.25, 0.3) is 0 Å². The van der Waals surface area contributed by atoms with Crippen LogP contribution in [0.1, 0.15) is 22.2 Å². The fourth-order valence-corrected chi connectivity index (χ4v) is 3.39. The summed E-state index contributed by atoms with van der Waals surface area (Å²) < 4.78 is 35.0. The van der Waals surface area contributed by atoms with Gasteiger partial charge in [0.1, 0.15) is 4.88 Å². The molecule has 0 radical (unpaired) electrons. The maximum Gasteiger partial charge on any atom is 0.350 e. The Morgan fingerprint density at radius 2 is 2.05 bits per heavy atom. The first kappa shape index (κ1) is 16.4. The summed E-state index contributed by atoms with van der Waals surface area (Å²) in [6, 6.07) is 0. The molecule has 0 amide bonds. The lowest BCUT2D eigenvalue weighted by atomic mass is 10.3. The highest BCUT2D eigenvalue weighted by molar-refractivity contribution is 7.93. The van der Waals surface area contributed by atoms with E-state index in [1.54, 1.807) is 19.2 Å². The number of hydrogen-bond acceptors (Lipinski definition) is 7. The van der Waals surface area contributed by atoms with E-state index >= 15 is 0 Å². The molecule has 0 saturated carbocycles. The minimum atomic E-state index is -3.94. The van der Waals surface area contributed by atoms with Crippen LogP contribution < -0.4 is 4.72 Å². The van der Waals surface area contributed by atoms with Crippen LogP contribution in [0.2, 0.25) is 0 Å². The largest absolute Gasteiger partial charge is 0.465 e. The molecule has 0 aliphatic rings. The molecule has 112 valence electrons. The summed E-state index contributed by atoms with van der Waals surface area (Å²) in [4.78, 5) is 22.9. The molecule has 1 heterocycles. The Morgan fingerprint density at radius 1 is 1.40 bits per heavy atom. The highest BCUT2D eigenvalue weighted by atomic mass is 32.2. The first-order valence-corrected chi connectivity index (χ1v) is 8.16. The predicted octanol–water partition coefficient (Wildman–Crippen LogP) is 1.15. The molecule has 0 spiro atoms. The zero-order valence-electron chi connectivity index (χ0n) is 11.3. The summed E-state index contributed by atoms with van der Waals surface area (Å²) in [7, 11) is -2.74. The third-order valence-electron chi connectivity index (χ3n) is 2.22. The van der Waals surface area contributed by atoms with Crippen LogP contribution in [0.5, 0.6) is 0 Å². The Morgan fingerprint density at radius 3 is 2.60 bits per heavy atom. The summed E-state index contributed by atoms with van der Waals surface area (Å²) >= 11 is 1.06. The highest BCUT2D eigenvalue weighted by Crippen LogP contribution is 2.29. The van der Waals surface area contributed by atoms with Crippen molar-refractivity contribution in [3.8, 4) is 0 Å². The molecule has 0 bridgehead atoms. The van der Waals surface area contributed by atoms with Crippen LogP contribution in [0.4, 0.5) is 5.69 Å². The van der Waals surface area contributed by atoms with Gasteiger partial charge in [-0.05, 0) is 24.8 Å². The van der Waals surface area contributed by atoms with Crippen LogP contribution in [0.15, 0.2) is 5.38 Å². The van der Waals surface area contributed by atoms with E-state index in [1.165, 1.54) is 7.11 Å². The number of rotatable bonds is 6. The van der Waals surface area contributed by atoms with Gasteiger partial charge in [-0.1, -0.05) is 0 Å². The Balaban J connectivity index is 2.95. The Bertz CT molecular complexity index is 604. The number of carbonyl (C=O) groups is 2. The van der Waals surface area contributed by atoms with Gasteiger partial charge in [0.2, 0.25) is 10.0 Å². The van der Waals surface area contributed by atoms with Crippen LogP contribution >= 0.6 is 11.3 Å². The molecule has 0 aliphatic heterocycles. The third-order valence-corrected chi connectivity index (χ3v) is 4.43. The predicted molar refractivity (Wildman–Crippen MR) is 74.4 cm³/mol. The fraction of sp³-hybridized carbons (Fsp3) is 0.455. The third kappa shape index (κ3) is 4.20. The Labute approximate surface area is 120 Å². The summed E-state index contributed by atoms with van der Waals surface area (Å²) in [6.07, 6.45) is 0. The maximum absolute atomic E-state index is 11.8. The molecule has 0 unspecified atom stereocenters. The van der Waals surface area contributed by atoms with Crippen molar-refractivity contribution in [1.82, 2.24) is 0 Å². The normalized spacial score (nSPS) is 10.9. The van der Waals surface area contributed by atoms with Gasteiger partial charge in [0.05, 0.1) is 19.4 Å².